The van der Waals surface area contributed by atoms with Crippen molar-refractivity contribution in [2.24, 2.45) is 5.73 Å². The molecule has 24 heavy (non-hydrogen) atoms. The Labute approximate surface area is 138 Å². The van der Waals surface area contributed by atoms with Gasteiger partial charge in [-0.1, -0.05) is 18.2 Å². The van der Waals surface area contributed by atoms with E-state index in [9.17, 15) is 14.0 Å². The lowest BCUT2D eigenvalue weighted by molar-refractivity contribution is 0.1000. The average Bonchev–Trinajstić information content (AvgIpc) is 2.56. The van der Waals surface area contributed by atoms with Gasteiger partial charge in [-0.2, -0.15) is 0 Å². The Bertz CT molecular complexity index is 750. The second-order valence-corrected chi connectivity index (χ2v) is 5.00. The van der Waals surface area contributed by atoms with Gasteiger partial charge >= 0.3 is 6.03 Å². The van der Waals surface area contributed by atoms with Crippen LogP contribution in [0.5, 0.6) is 5.75 Å². The van der Waals surface area contributed by atoms with Crippen LogP contribution in [-0.2, 0) is 6.42 Å². The molecular weight excluding hydrogens is 313 g/mol. The molecule has 0 unspecified atom stereocenters. The maximum atomic E-state index is 13.5. The molecule has 0 aliphatic heterocycles. The van der Waals surface area contributed by atoms with Gasteiger partial charge < -0.3 is 21.1 Å². The summed E-state index contributed by atoms with van der Waals surface area (Å²) in [5, 5.41) is 5.20. The molecule has 0 aliphatic carbocycles. The Hall–Kier alpha value is -3.09. The number of nitrogens with two attached hydrogens (primary N) is 1. The van der Waals surface area contributed by atoms with E-state index in [1.165, 1.54) is 31.4 Å². The molecule has 0 fully saturated rings. The Morgan fingerprint density at radius 2 is 1.96 bits per heavy atom. The highest BCUT2D eigenvalue weighted by atomic mass is 19.1. The van der Waals surface area contributed by atoms with E-state index < -0.39 is 11.9 Å². The molecule has 0 heterocycles. The molecule has 0 atom stereocenters. The fraction of sp³-hybridized carbons (Fsp3) is 0.176. The van der Waals surface area contributed by atoms with Gasteiger partial charge in [0.15, 0.2) is 0 Å². The fourth-order valence-corrected chi connectivity index (χ4v) is 2.14. The van der Waals surface area contributed by atoms with Crippen LogP contribution in [0.2, 0.25) is 0 Å². The molecule has 2 aromatic carbocycles. The van der Waals surface area contributed by atoms with Gasteiger partial charge in [0.25, 0.3) is 0 Å². The number of methoxy groups -OCH3 is 1. The molecular formula is C17H18FN3O3. The van der Waals surface area contributed by atoms with Crippen LogP contribution in [0.25, 0.3) is 0 Å². The van der Waals surface area contributed by atoms with E-state index in [0.717, 1.165) is 0 Å². The summed E-state index contributed by atoms with van der Waals surface area (Å²) in [5.41, 5.74) is 6.30. The van der Waals surface area contributed by atoms with Crippen molar-refractivity contribution >= 4 is 17.6 Å². The maximum absolute atomic E-state index is 13.5. The van der Waals surface area contributed by atoms with E-state index in [4.69, 9.17) is 10.5 Å². The summed E-state index contributed by atoms with van der Waals surface area (Å²) in [6, 6.07) is 10.3. The van der Waals surface area contributed by atoms with Crippen molar-refractivity contribution in [3.8, 4) is 5.75 Å². The number of benzene rings is 2. The molecule has 0 spiro atoms. The highest BCUT2D eigenvalue weighted by Crippen LogP contribution is 2.25. The molecule has 0 aliphatic rings. The first kappa shape index (κ1) is 17.3. The second-order valence-electron chi connectivity index (χ2n) is 5.00. The van der Waals surface area contributed by atoms with Gasteiger partial charge in [0.05, 0.1) is 12.8 Å². The van der Waals surface area contributed by atoms with E-state index in [1.54, 1.807) is 18.2 Å². The van der Waals surface area contributed by atoms with Crippen molar-refractivity contribution in [2.75, 3.05) is 19.0 Å². The number of halogens is 1. The van der Waals surface area contributed by atoms with Crippen LogP contribution in [0.15, 0.2) is 42.5 Å². The number of urea groups is 1. The molecule has 4 N–H and O–H groups in total. The average molecular weight is 331 g/mol. The molecule has 126 valence electrons. The van der Waals surface area contributed by atoms with Gasteiger partial charge in [-0.25, -0.2) is 9.18 Å². The van der Waals surface area contributed by atoms with E-state index in [-0.39, 0.29) is 17.9 Å². The highest BCUT2D eigenvalue weighted by molar-refractivity contribution is 5.97. The predicted octanol–water partition coefficient (Wildman–Crippen LogP) is 2.30. The fourth-order valence-electron chi connectivity index (χ4n) is 2.14. The molecule has 7 heteroatoms. The lowest BCUT2D eigenvalue weighted by Crippen LogP contribution is -2.30. The summed E-state index contributed by atoms with van der Waals surface area (Å²) in [7, 11) is 1.44. The Balaban J connectivity index is 1.95. The zero-order valence-electron chi connectivity index (χ0n) is 13.1. The number of anilines is 1. The number of hydrogen-bond donors (Lipinski definition) is 3. The Morgan fingerprint density at radius 1 is 1.21 bits per heavy atom. The number of hydrogen-bond acceptors (Lipinski definition) is 3. The lowest BCUT2D eigenvalue weighted by Gasteiger charge is -2.12. The SMILES string of the molecule is COc1ccc(C(N)=O)cc1NC(=O)NCCc1ccccc1F. The molecule has 3 amide bonds. The second kappa shape index (κ2) is 7.96. The normalized spacial score (nSPS) is 10.1. The molecule has 0 saturated carbocycles. The van der Waals surface area contributed by atoms with Crippen LogP contribution in [0.3, 0.4) is 0 Å². The monoisotopic (exact) mass is 331 g/mol. The molecule has 2 rings (SSSR count). The molecule has 0 aromatic heterocycles. The number of carbonyl (C=O) groups excluding carboxylic acids is 2. The third-order valence-electron chi connectivity index (χ3n) is 3.37. The molecule has 0 saturated heterocycles. The van der Waals surface area contributed by atoms with Crippen molar-refractivity contribution < 1.29 is 18.7 Å². The molecule has 6 nitrogen and oxygen atoms in total. The summed E-state index contributed by atoms with van der Waals surface area (Å²) in [6.07, 6.45) is 0.360. The van der Waals surface area contributed by atoms with Crippen LogP contribution in [0.1, 0.15) is 15.9 Å². The van der Waals surface area contributed by atoms with E-state index >= 15 is 0 Å². The molecule has 0 radical (unpaired) electrons. The first-order valence-corrected chi connectivity index (χ1v) is 7.27. The minimum atomic E-state index is -0.610. The first-order valence-electron chi connectivity index (χ1n) is 7.27. The minimum Gasteiger partial charge on any atom is -0.495 e. The third-order valence-corrected chi connectivity index (χ3v) is 3.37. The van der Waals surface area contributed by atoms with Gasteiger partial charge in [-0.05, 0) is 36.2 Å². The van der Waals surface area contributed by atoms with Gasteiger partial charge in [-0.3, -0.25) is 4.79 Å². The van der Waals surface area contributed by atoms with E-state index in [1.807, 2.05) is 0 Å². The number of carbonyl (C=O) groups is 2. The third kappa shape index (κ3) is 4.45. The van der Waals surface area contributed by atoms with Gasteiger partial charge in [0, 0.05) is 12.1 Å². The van der Waals surface area contributed by atoms with E-state index in [0.29, 0.717) is 23.4 Å². The van der Waals surface area contributed by atoms with Crippen LogP contribution < -0.4 is 21.1 Å². The number of primary amides is 1. The highest BCUT2D eigenvalue weighted by Gasteiger charge is 2.11. The van der Waals surface area contributed by atoms with Gasteiger partial charge in [-0.15, -0.1) is 0 Å². The quantitative estimate of drug-likeness (QED) is 0.758. The van der Waals surface area contributed by atoms with Crippen LogP contribution in [-0.4, -0.2) is 25.6 Å². The zero-order valence-corrected chi connectivity index (χ0v) is 13.1. The van der Waals surface area contributed by atoms with E-state index in [2.05, 4.69) is 10.6 Å². The Morgan fingerprint density at radius 3 is 2.62 bits per heavy atom. The lowest BCUT2D eigenvalue weighted by atomic mass is 10.1. The van der Waals surface area contributed by atoms with Crippen LogP contribution in [0, 0.1) is 5.82 Å². The van der Waals surface area contributed by atoms with Crippen molar-refractivity contribution in [1.82, 2.24) is 5.32 Å². The zero-order chi connectivity index (χ0) is 17.5. The van der Waals surface area contributed by atoms with Gasteiger partial charge in [0.2, 0.25) is 5.91 Å². The van der Waals surface area contributed by atoms with Crippen molar-refractivity contribution in [3.05, 3.63) is 59.4 Å². The topological polar surface area (TPSA) is 93.4 Å². The summed E-state index contributed by atoms with van der Waals surface area (Å²) < 4.78 is 18.6. The summed E-state index contributed by atoms with van der Waals surface area (Å²) in [5.74, 6) is -0.527. The molecule has 2 aromatic rings. The summed E-state index contributed by atoms with van der Waals surface area (Å²) >= 11 is 0. The number of ether oxygens (including phenoxy) is 1. The number of rotatable bonds is 6. The Kier molecular flexibility index (Phi) is 5.73. The predicted molar refractivity (Wildman–Crippen MR) is 88.6 cm³/mol. The minimum absolute atomic E-state index is 0.248. The van der Waals surface area contributed by atoms with Crippen molar-refractivity contribution in [1.29, 1.82) is 0 Å². The largest absolute Gasteiger partial charge is 0.495 e. The number of amides is 3. The van der Waals surface area contributed by atoms with Crippen molar-refractivity contribution in [2.45, 2.75) is 6.42 Å². The first-order chi connectivity index (χ1) is 11.5. The van der Waals surface area contributed by atoms with Gasteiger partial charge in [0.1, 0.15) is 11.6 Å². The standard InChI is InChI=1S/C17H18FN3O3/c1-24-15-7-6-12(16(19)22)10-14(15)21-17(23)20-9-8-11-4-2-3-5-13(11)18/h2-7,10H,8-9H2,1H3,(H2,19,22)(H2,20,21,23). The summed E-state index contributed by atoms with van der Waals surface area (Å²) in [4.78, 5) is 23.2. The van der Waals surface area contributed by atoms with Crippen LogP contribution >= 0.6 is 0 Å². The number of nitrogens with one attached hydrogen (secondary N) is 2. The van der Waals surface area contributed by atoms with Crippen LogP contribution in [0.4, 0.5) is 14.9 Å². The molecule has 0 bridgehead atoms. The maximum Gasteiger partial charge on any atom is 0.319 e. The van der Waals surface area contributed by atoms with Crippen molar-refractivity contribution in [3.63, 3.8) is 0 Å². The smallest absolute Gasteiger partial charge is 0.319 e. The summed E-state index contributed by atoms with van der Waals surface area (Å²) in [6.45, 7) is 0.255.